The molecule has 13 heavy (non-hydrogen) atoms. The van der Waals surface area contributed by atoms with Crippen molar-refractivity contribution in [1.82, 2.24) is 0 Å². The largest absolute Gasteiger partial charge is 0.582 e. The highest BCUT2D eigenvalue weighted by Crippen LogP contribution is 2.23. The van der Waals surface area contributed by atoms with Crippen molar-refractivity contribution in [2.24, 2.45) is 0 Å². The first-order valence-electron chi connectivity index (χ1n) is 4.87. The third-order valence-electron chi connectivity index (χ3n) is 2.42. The molecule has 1 aliphatic rings. The Kier molecular flexibility index (Phi) is 2.35. The summed E-state index contributed by atoms with van der Waals surface area (Å²) in [5.41, 5.74) is 2.72. The molecule has 0 saturated heterocycles. The van der Waals surface area contributed by atoms with Crippen molar-refractivity contribution in [2.75, 3.05) is 6.61 Å². The number of hydrogen-bond acceptors (Lipinski definition) is 0. The molecule has 0 aliphatic carbocycles. The second-order valence-electron chi connectivity index (χ2n) is 3.27. The Balaban J connectivity index is 2.38. The summed E-state index contributed by atoms with van der Waals surface area (Å²) in [5.74, 6) is 1.19. The molecule has 1 aromatic rings. The molecule has 2 rings (SSSR count). The highest BCUT2D eigenvalue weighted by molar-refractivity contribution is 5.63. The summed E-state index contributed by atoms with van der Waals surface area (Å²) in [7, 11) is 0. The fraction of sp³-hybridized carbons (Fsp3) is 0.333. The van der Waals surface area contributed by atoms with Crippen LogP contribution in [0.2, 0.25) is 0 Å². The molecule has 0 fully saturated rings. The molecule has 1 aliphatic heterocycles. The Hall–Kier alpha value is -1.24. The molecule has 1 heterocycles. The van der Waals surface area contributed by atoms with E-state index in [1.54, 1.807) is 0 Å². The lowest BCUT2D eigenvalue weighted by atomic mass is 10.0. The van der Waals surface area contributed by atoms with E-state index in [9.17, 15) is 0 Å². The smallest absolute Gasteiger partial charge is 0.258 e. The zero-order valence-electron chi connectivity index (χ0n) is 7.96. The standard InChI is InChI=1S/C12H14O/c1-2-10-6-3-4-7-11(10)12-8-5-9-13-12/h3-4,6-8H,2,5,9H2,1H3/p+1. The van der Waals surface area contributed by atoms with Gasteiger partial charge in [0.05, 0.1) is 12.0 Å². The molecule has 0 bridgehead atoms. The first kappa shape index (κ1) is 8.36. The van der Waals surface area contributed by atoms with Crippen LogP contribution in [0.1, 0.15) is 24.5 Å². The zero-order chi connectivity index (χ0) is 9.10. The highest BCUT2D eigenvalue weighted by atomic mass is 16.5. The first-order valence-corrected chi connectivity index (χ1v) is 4.87. The van der Waals surface area contributed by atoms with Gasteiger partial charge in [-0.25, -0.2) is 0 Å². The maximum Gasteiger partial charge on any atom is 0.258 e. The molecule has 0 radical (unpaired) electrons. The van der Waals surface area contributed by atoms with Crippen molar-refractivity contribution < 1.29 is 4.74 Å². The predicted octanol–water partition coefficient (Wildman–Crippen LogP) is 2.52. The van der Waals surface area contributed by atoms with Crippen LogP contribution in [-0.4, -0.2) is 11.3 Å². The minimum absolute atomic E-state index is 0.966. The van der Waals surface area contributed by atoms with Crippen LogP contribution in [0.5, 0.6) is 0 Å². The Labute approximate surface area is 79.0 Å². The Morgan fingerprint density at radius 2 is 2.15 bits per heavy atom. The van der Waals surface area contributed by atoms with E-state index in [0.29, 0.717) is 0 Å². The number of ether oxygens (including phenoxy) is 1. The lowest BCUT2D eigenvalue weighted by Gasteiger charge is -2.05. The molecule has 0 saturated carbocycles. The van der Waals surface area contributed by atoms with Gasteiger partial charge in [0.1, 0.15) is 0 Å². The van der Waals surface area contributed by atoms with Gasteiger partial charge in [-0.15, -0.1) is 0 Å². The second kappa shape index (κ2) is 3.65. The molecule has 0 atom stereocenters. The average molecular weight is 175 g/mol. The van der Waals surface area contributed by atoms with Crippen LogP contribution >= 0.6 is 0 Å². The van der Waals surface area contributed by atoms with Gasteiger partial charge in [-0.2, -0.15) is 0 Å². The predicted molar refractivity (Wildman–Crippen MR) is 55.5 cm³/mol. The molecular formula is C12H15O+. The molecule has 1 heteroatoms. The number of aliphatic hydroxyl groups is 2. The van der Waals surface area contributed by atoms with E-state index in [0.717, 1.165) is 19.4 Å². The maximum absolute atomic E-state index is 4.48. The number of aryl methyl sites for hydroxylation is 1. The number of rotatable bonds is 2. The maximum atomic E-state index is 4.48. The Morgan fingerprint density at radius 3 is 2.85 bits per heavy atom. The normalized spacial score (nSPS) is 15.3. The summed E-state index contributed by atoms with van der Waals surface area (Å²) in [6.07, 6.45) is 4.42. The molecule has 1 N–H and O–H groups in total. The quantitative estimate of drug-likeness (QED) is 0.613. The van der Waals surface area contributed by atoms with Gasteiger partial charge in [-0.1, -0.05) is 25.1 Å². The van der Waals surface area contributed by atoms with E-state index in [2.05, 4.69) is 42.0 Å². The SMILES string of the molecule is CCc1ccccc1C1=CCC[OH+]1. The van der Waals surface area contributed by atoms with Crippen LogP contribution in [0.3, 0.4) is 0 Å². The molecule has 68 valence electrons. The average Bonchev–Trinajstić information content (AvgIpc) is 2.70. The molecule has 0 spiro atoms. The van der Waals surface area contributed by atoms with Crippen molar-refractivity contribution in [2.45, 2.75) is 19.8 Å². The van der Waals surface area contributed by atoms with E-state index in [-0.39, 0.29) is 0 Å². The van der Waals surface area contributed by atoms with E-state index >= 15 is 0 Å². The zero-order valence-corrected chi connectivity index (χ0v) is 7.96. The lowest BCUT2D eigenvalue weighted by Crippen LogP contribution is -1.95. The summed E-state index contributed by atoms with van der Waals surface area (Å²) in [4.78, 5) is 0. The molecule has 0 unspecified atom stereocenters. The second-order valence-corrected chi connectivity index (χ2v) is 3.27. The van der Waals surface area contributed by atoms with Gasteiger partial charge in [0.25, 0.3) is 5.76 Å². The first-order chi connectivity index (χ1) is 6.42. The molecule has 1 nitrogen and oxygen atoms in total. The molecular weight excluding hydrogens is 160 g/mol. The molecule has 1 aromatic carbocycles. The Morgan fingerprint density at radius 1 is 1.31 bits per heavy atom. The van der Waals surface area contributed by atoms with Crippen molar-refractivity contribution in [1.29, 1.82) is 0 Å². The van der Waals surface area contributed by atoms with Gasteiger partial charge in [-0.05, 0) is 18.1 Å². The van der Waals surface area contributed by atoms with Crippen molar-refractivity contribution in [3.05, 3.63) is 41.5 Å². The summed E-state index contributed by atoms with van der Waals surface area (Å²) < 4.78 is 4.48. The van der Waals surface area contributed by atoms with E-state index in [1.807, 2.05) is 0 Å². The van der Waals surface area contributed by atoms with E-state index in [4.69, 9.17) is 0 Å². The minimum atomic E-state index is 0.966. The summed E-state index contributed by atoms with van der Waals surface area (Å²) in [6, 6.07) is 8.53. The van der Waals surface area contributed by atoms with Crippen LogP contribution in [0, 0.1) is 0 Å². The molecule has 0 amide bonds. The summed E-state index contributed by atoms with van der Waals surface area (Å²) in [6.45, 7) is 3.15. The highest BCUT2D eigenvalue weighted by Gasteiger charge is 2.15. The van der Waals surface area contributed by atoms with Crippen molar-refractivity contribution in [3.63, 3.8) is 0 Å². The van der Waals surface area contributed by atoms with Crippen LogP contribution < -0.4 is 0 Å². The van der Waals surface area contributed by atoms with Crippen molar-refractivity contribution >= 4 is 5.76 Å². The van der Waals surface area contributed by atoms with Crippen molar-refractivity contribution in [3.8, 4) is 0 Å². The van der Waals surface area contributed by atoms with Crippen LogP contribution in [-0.2, 0) is 6.42 Å². The van der Waals surface area contributed by atoms with Crippen LogP contribution in [0.4, 0.5) is 0 Å². The van der Waals surface area contributed by atoms with Gasteiger partial charge in [-0.3, -0.25) is 0 Å². The fourth-order valence-electron chi connectivity index (χ4n) is 1.72. The van der Waals surface area contributed by atoms with E-state index < -0.39 is 0 Å². The molecule has 0 aromatic heterocycles. The lowest BCUT2D eigenvalue weighted by molar-refractivity contribution is 0.114. The minimum Gasteiger partial charge on any atom is -0.582 e. The van der Waals surface area contributed by atoms with Crippen LogP contribution in [0.25, 0.3) is 5.76 Å². The third-order valence-corrected chi connectivity index (χ3v) is 2.42. The van der Waals surface area contributed by atoms with E-state index in [1.165, 1.54) is 16.9 Å². The summed E-state index contributed by atoms with van der Waals surface area (Å²) in [5, 5.41) is 0. The monoisotopic (exact) mass is 175 g/mol. The van der Waals surface area contributed by atoms with Gasteiger partial charge in [0, 0.05) is 6.08 Å². The third kappa shape index (κ3) is 1.59. The summed E-state index contributed by atoms with van der Waals surface area (Å²) >= 11 is 0. The van der Waals surface area contributed by atoms with Gasteiger partial charge >= 0.3 is 0 Å². The number of benzene rings is 1. The number of hydrogen-bond donors (Lipinski definition) is 0. The van der Waals surface area contributed by atoms with Crippen LogP contribution in [0.15, 0.2) is 30.3 Å². The fourth-order valence-corrected chi connectivity index (χ4v) is 1.72. The van der Waals surface area contributed by atoms with Gasteiger partial charge in [0.2, 0.25) is 0 Å². The van der Waals surface area contributed by atoms with Gasteiger partial charge in [0.15, 0.2) is 6.61 Å². The Bertz CT molecular complexity index is 326. The van der Waals surface area contributed by atoms with Gasteiger partial charge < -0.3 is 4.74 Å². The topological polar surface area (TPSA) is 12.8 Å².